The maximum Gasteiger partial charge on any atom is 0.263 e. The van der Waals surface area contributed by atoms with Crippen molar-refractivity contribution in [1.29, 1.82) is 0 Å². The topological polar surface area (TPSA) is 60.8 Å². The highest BCUT2D eigenvalue weighted by atomic mass is 16.5. The van der Waals surface area contributed by atoms with Gasteiger partial charge in [-0.25, -0.2) is 0 Å². The fourth-order valence-corrected chi connectivity index (χ4v) is 0.494. The molecule has 5 heteroatoms. The van der Waals surface area contributed by atoms with Crippen molar-refractivity contribution in [3.05, 3.63) is 5.69 Å². The summed E-state index contributed by atoms with van der Waals surface area (Å²) >= 11 is 0. The Balaban J connectivity index is 2.62. The van der Waals surface area contributed by atoms with Gasteiger partial charge >= 0.3 is 0 Å². The van der Waals surface area contributed by atoms with Gasteiger partial charge in [0.15, 0.2) is 5.69 Å². The van der Waals surface area contributed by atoms with Gasteiger partial charge in [-0.3, -0.25) is 0 Å². The molecule has 1 aliphatic rings. The van der Waals surface area contributed by atoms with E-state index in [0.717, 1.165) is 5.69 Å². The summed E-state index contributed by atoms with van der Waals surface area (Å²) in [5.41, 5.74) is 0.792. The second kappa shape index (κ2) is 1.12. The van der Waals surface area contributed by atoms with Crippen molar-refractivity contribution < 1.29 is 4.74 Å². The third kappa shape index (κ3) is 0.305. The quantitative estimate of drug-likeness (QED) is 0.435. The van der Waals surface area contributed by atoms with Gasteiger partial charge < -0.3 is 4.74 Å². The van der Waals surface area contributed by atoms with E-state index in [1.165, 1.54) is 0 Å². The molecule has 1 aliphatic heterocycles. The summed E-state index contributed by atoms with van der Waals surface area (Å²) in [6.45, 7) is 0.526. The molecule has 0 amide bonds. The van der Waals surface area contributed by atoms with E-state index in [-0.39, 0.29) is 0 Å². The molecule has 0 aliphatic carbocycles. The predicted molar refractivity (Wildman–Crippen MR) is 22.0 cm³/mol. The lowest BCUT2D eigenvalue weighted by atomic mass is 10.4. The molecule has 2 heterocycles. The zero-order valence-electron chi connectivity index (χ0n) is 3.90. The summed E-state index contributed by atoms with van der Waals surface area (Å²) in [4.78, 5) is 0. The maximum absolute atomic E-state index is 4.80. The van der Waals surface area contributed by atoms with Gasteiger partial charge in [-0.15, -0.1) is 5.10 Å². The Morgan fingerprint density at radius 3 is 2.50 bits per heavy atom. The number of ether oxygens (including phenoxy) is 1. The number of nitrogens with zero attached hydrogens (tertiary/aromatic N) is 4. The average molecular weight is 110 g/mol. The largest absolute Gasteiger partial charge is 0.468 e. The molecule has 0 radical (unpaired) electrons. The number of rotatable bonds is 0. The van der Waals surface area contributed by atoms with Gasteiger partial charge in [0, 0.05) is 0 Å². The maximum atomic E-state index is 4.80. The Hall–Kier alpha value is -1.26. The Kier molecular flexibility index (Phi) is 0.518. The average Bonchev–Trinajstić information content (AvgIpc) is 1.72. The van der Waals surface area contributed by atoms with E-state index in [4.69, 9.17) is 4.74 Å². The molecule has 0 bridgehead atoms. The smallest absolute Gasteiger partial charge is 0.263 e. The molecular weight excluding hydrogens is 108 g/mol. The van der Waals surface area contributed by atoms with Crippen LogP contribution in [0.1, 0.15) is 5.69 Å². The summed E-state index contributed by atoms with van der Waals surface area (Å²) in [6.07, 6.45) is 0. The van der Waals surface area contributed by atoms with Crippen LogP contribution in [0.5, 0.6) is 5.88 Å². The molecule has 5 nitrogen and oxygen atoms in total. The fraction of sp³-hybridized carbons (Fsp3) is 0.333. The SMILES string of the molecule is C1Oc2nnnnc21. The summed E-state index contributed by atoms with van der Waals surface area (Å²) < 4.78 is 4.80. The zero-order valence-corrected chi connectivity index (χ0v) is 3.90. The van der Waals surface area contributed by atoms with Gasteiger partial charge in [0.25, 0.3) is 5.88 Å². The van der Waals surface area contributed by atoms with E-state index in [0.29, 0.717) is 12.5 Å². The van der Waals surface area contributed by atoms with Crippen LogP contribution in [0.25, 0.3) is 0 Å². The second-order valence-electron chi connectivity index (χ2n) is 1.42. The minimum atomic E-state index is 0.514. The fourth-order valence-electron chi connectivity index (χ4n) is 0.494. The first-order chi connectivity index (χ1) is 3.97. The molecule has 8 heavy (non-hydrogen) atoms. The molecule has 0 atom stereocenters. The van der Waals surface area contributed by atoms with Crippen LogP contribution >= 0.6 is 0 Å². The summed E-state index contributed by atoms with van der Waals surface area (Å²) in [6, 6.07) is 0. The zero-order chi connectivity index (χ0) is 5.40. The molecule has 0 unspecified atom stereocenters. The van der Waals surface area contributed by atoms with Crippen LogP contribution in [0.3, 0.4) is 0 Å². The van der Waals surface area contributed by atoms with Crippen LogP contribution < -0.4 is 4.74 Å². The molecule has 1 aromatic heterocycles. The minimum absolute atomic E-state index is 0.514. The summed E-state index contributed by atoms with van der Waals surface area (Å²) in [7, 11) is 0. The standard InChI is InChI=1S/C3H2N4O/c1-2-3(8-1)5-7-6-4-2/h1H2. The second-order valence-corrected chi connectivity index (χ2v) is 1.42. The number of fused-ring (bicyclic) bond motifs is 1. The van der Waals surface area contributed by atoms with Crippen molar-refractivity contribution >= 4 is 0 Å². The van der Waals surface area contributed by atoms with Crippen molar-refractivity contribution in [2.75, 3.05) is 0 Å². The van der Waals surface area contributed by atoms with Crippen LogP contribution in [0.2, 0.25) is 0 Å². The van der Waals surface area contributed by atoms with E-state index in [1.54, 1.807) is 0 Å². The molecule has 1 aromatic rings. The third-order valence-corrected chi connectivity index (χ3v) is 0.933. The summed E-state index contributed by atoms with van der Waals surface area (Å²) in [5.74, 6) is 0.514. The van der Waals surface area contributed by atoms with Crippen LogP contribution in [-0.4, -0.2) is 20.6 Å². The lowest BCUT2D eigenvalue weighted by molar-refractivity contribution is 0.209. The Labute approximate surface area is 44.7 Å². The molecule has 0 spiro atoms. The molecule has 0 saturated carbocycles. The molecule has 0 N–H and O–H groups in total. The third-order valence-electron chi connectivity index (χ3n) is 0.933. The van der Waals surface area contributed by atoms with Crippen LogP contribution in [-0.2, 0) is 6.61 Å². The highest BCUT2D eigenvalue weighted by Gasteiger charge is 2.17. The molecule has 0 fully saturated rings. The Morgan fingerprint density at radius 1 is 1.25 bits per heavy atom. The highest BCUT2D eigenvalue weighted by molar-refractivity contribution is 5.20. The van der Waals surface area contributed by atoms with Gasteiger partial charge in [0.05, 0.1) is 0 Å². The molecule has 0 saturated heterocycles. The van der Waals surface area contributed by atoms with Crippen molar-refractivity contribution in [2.45, 2.75) is 6.61 Å². The van der Waals surface area contributed by atoms with E-state index in [1.807, 2.05) is 0 Å². The minimum Gasteiger partial charge on any atom is -0.468 e. The predicted octanol–water partition coefficient (Wildman–Crippen LogP) is -0.841. The molecule has 2 rings (SSSR count). The van der Waals surface area contributed by atoms with Gasteiger partial charge in [-0.2, -0.15) is 0 Å². The Bertz CT molecular complexity index is 189. The van der Waals surface area contributed by atoms with Crippen molar-refractivity contribution in [2.24, 2.45) is 0 Å². The van der Waals surface area contributed by atoms with Gasteiger partial charge in [0.1, 0.15) is 6.61 Å². The van der Waals surface area contributed by atoms with E-state index >= 15 is 0 Å². The van der Waals surface area contributed by atoms with Crippen molar-refractivity contribution in [3.8, 4) is 5.88 Å². The van der Waals surface area contributed by atoms with Crippen LogP contribution in [0, 0.1) is 0 Å². The van der Waals surface area contributed by atoms with Gasteiger partial charge in [0.2, 0.25) is 0 Å². The first-order valence-electron chi connectivity index (χ1n) is 2.14. The number of hydrogen-bond acceptors (Lipinski definition) is 5. The lowest BCUT2D eigenvalue weighted by Crippen LogP contribution is -2.15. The molecule has 40 valence electrons. The first-order valence-corrected chi connectivity index (χ1v) is 2.14. The van der Waals surface area contributed by atoms with Gasteiger partial charge in [-0.05, 0) is 10.4 Å². The monoisotopic (exact) mass is 110 g/mol. The number of hydrogen-bond donors (Lipinski definition) is 0. The van der Waals surface area contributed by atoms with E-state index in [2.05, 4.69) is 20.6 Å². The van der Waals surface area contributed by atoms with Crippen LogP contribution in [0.15, 0.2) is 0 Å². The Morgan fingerprint density at radius 2 is 2.12 bits per heavy atom. The van der Waals surface area contributed by atoms with Crippen LogP contribution in [0.4, 0.5) is 0 Å². The van der Waals surface area contributed by atoms with E-state index in [9.17, 15) is 0 Å². The van der Waals surface area contributed by atoms with Crippen molar-refractivity contribution in [1.82, 2.24) is 20.6 Å². The van der Waals surface area contributed by atoms with Gasteiger partial charge in [-0.1, -0.05) is 5.10 Å². The number of aromatic nitrogens is 4. The van der Waals surface area contributed by atoms with E-state index < -0.39 is 0 Å². The molecular formula is C3H2N4O. The normalized spacial score (nSPS) is 13.5. The summed E-state index contributed by atoms with van der Waals surface area (Å²) in [5, 5.41) is 13.7. The lowest BCUT2D eigenvalue weighted by Gasteiger charge is -2.12. The molecule has 0 aromatic carbocycles. The highest BCUT2D eigenvalue weighted by Crippen LogP contribution is 2.19. The first kappa shape index (κ1) is 3.71. The van der Waals surface area contributed by atoms with Crippen molar-refractivity contribution in [3.63, 3.8) is 0 Å².